The van der Waals surface area contributed by atoms with E-state index in [1.807, 2.05) is 30.3 Å². The standard InChI is InChI=1S/C15H25NO2S/c1-5-13(6-2)15(14-10-8-7-9-11-14)16-19(17,18)12(3)4/h7-13,15-16H,5-6H2,1-4H3. The summed E-state index contributed by atoms with van der Waals surface area (Å²) in [5, 5.41) is -0.409. The second-order valence-electron chi connectivity index (χ2n) is 5.18. The summed E-state index contributed by atoms with van der Waals surface area (Å²) in [6.45, 7) is 7.62. The Morgan fingerprint density at radius 1 is 1.05 bits per heavy atom. The molecule has 0 spiro atoms. The maximum absolute atomic E-state index is 12.1. The minimum Gasteiger partial charge on any atom is -0.212 e. The molecule has 0 amide bonds. The summed E-state index contributed by atoms with van der Waals surface area (Å²) in [6.07, 6.45) is 1.91. The molecule has 3 nitrogen and oxygen atoms in total. The van der Waals surface area contributed by atoms with Crippen LogP contribution in [0.3, 0.4) is 0 Å². The lowest BCUT2D eigenvalue weighted by atomic mass is 9.90. The molecule has 1 atom stereocenters. The average Bonchev–Trinajstić information content (AvgIpc) is 2.39. The average molecular weight is 283 g/mol. The van der Waals surface area contributed by atoms with Crippen molar-refractivity contribution in [2.45, 2.75) is 51.8 Å². The lowest BCUT2D eigenvalue weighted by Crippen LogP contribution is -2.37. The Bertz CT molecular complexity index is 464. The Labute approximate surface area is 117 Å². The number of nitrogens with one attached hydrogen (secondary N) is 1. The molecule has 108 valence electrons. The van der Waals surface area contributed by atoms with Crippen LogP contribution in [-0.4, -0.2) is 13.7 Å². The predicted octanol–water partition coefficient (Wildman–Crippen LogP) is 3.49. The van der Waals surface area contributed by atoms with Crippen LogP contribution in [-0.2, 0) is 10.0 Å². The maximum atomic E-state index is 12.1. The molecule has 1 rings (SSSR count). The maximum Gasteiger partial charge on any atom is 0.214 e. The first-order valence-corrected chi connectivity index (χ1v) is 8.53. The second kappa shape index (κ2) is 7.06. The van der Waals surface area contributed by atoms with E-state index >= 15 is 0 Å². The molecule has 1 N–H and O–H groups in total. The Balaban J connectivity index is 3.07. The minimum atomic E-state index is -3.26. The third-order valence-corrected chi connectivity index (χ3v) is 5.41. The van der Waals surface area contributed by atoms with Crippen molar-refractivity contribution in [3.05, 3.63) is 35.9 Å². The molecule has 1 unspecified atom stereocenters. The molecule has 4 heteroatoms. The van der Waals surface area contributed by atoms with Crippen molar-refractivity contribution in [3.8, 4) is 0 Å². The summed E-state index contributed by atoms with van der Waals surface area (Å²) in [4.78, 5) is 0. The van der Waals surface area contributed by atoms with Crippen LogP contribution in [0.15, 0.2) is 30.3 Å². The zero-order valence-electron chi connectivity index (χ0n) is 12.3. The van der Waals surface area contributed by atoms with Gasteiger partial charge in [0.2, 0.25) is 10.0 Å². The molecule has 0 fully saturated rings. The Morgan fingerprint density at radius 2 is 1.58 bits per heavy atom. The van der Waals surface area contributed by atoms with Gasteiger partial charge in [0.1, 0.15) is 0 Å². The Hall–Kier alpha value is -0.870. The van der Waals surface area contributed by atoms with E-state index in [4.69, 9.17) is 0 Å². The van der Waals surface area contributed by atoms with E-state index in [9.17, 15) is 8.42 Å². The highest BCUT2D eigenvalue weighted by molar-refractivity contribution is 7.90. The van der Waals surface area contributed by atoms with E-state index in [1.54, 1.807) is 13.8 Å². The fourth-order valence-corrected chi connectivity index (χ4v) is 3.12. The van der Waals surface area contributed by atoms with E-state index in [0.29, 0.717) is 5.92 Å². The highest BCUT2D eigenvalue weighted by atomic mass is 32.2. The first-order valence-electron chi connectivity index (χ1n) is 6.98. The number of rotatable bonds is 7. The fraction of sp³-hybridized carbons (Fsp3) is 0.600. The van der Waals surface area contributed by atoms with E-state index < -0.39 is 15.3 Å². The third-order valence-electron chi connectivity index (χ3n) is 3.59. The molecule has 0 radical (unpaired) electrons. The van der Waals surface area contributed by atoms with Crippen LogP contribution in [0.2, 0.25) is 0 Å². The molecule has 0 aromatic heterocycles. The zero-order valence-corrected chi connectivity index (χ0v) is 13.1. The molecule has 0 bridgehead atoms. The SMILES string of the molecule is CCC(CC)C(NS(=O)(=O)C(C)C)c1ccccc1. The second-order valence-corrected chi connectivity index (χ2v) is 7.45. The van der Waals surface area contributed by atoms with E-state index in [-0.39, 0.29) is 6.04 Å². The monoisotopic (exact) mass is 283 g/mol. The van der Waals surface area contributed by atoms with Crippen molar-refractivity contribution in [1.82, 2.24) is 4.72 Å². The van der Waals surface area contributed by atoms with Gasteiger partial charge >= 0.3 is 0 Å². The lowest BCUT2D eigenvalue weighted by molar-refractivity contribution is 0.377. The molecular weight excluding hydrogens is 258 g/mol. The highest BCUT2D eigenvalue weighted by Gasteiger charge is 2.27. The van der Waals surface area contributed by atoms with Gasteiger partial charge in [0.05, 0.1) is 5.25 Å². The number of sulfonamides is 1. The molecule has 0 heterocycles. The molecule has 0 saturated carbocycles. The predicted molar refractivity (Wildman–Crippen MR) is 80.4 cm³/mol. The van der Waals surface area contributed by atoms with Crippen molar-refractivity contribution in [2.75, 3.05) is 0 Å². The van der Waals surface area contributed by atoms with Gasteiger partial charge < -0.3 is 0 Å². The summed E-state index contributed by atoms with van der Waals surface area (Å²) in [6, 6.07) is 9.70. The number of benzene rings is 1. The van der Waals surface area contributed by atoms with Gasteiger partial charge in [-0.25, -0.2) is 13.1 Å². The zero-order chi connectivity index (χ0) is 14.5. The van der Waals surface area contributed by atoms with Gasteiger partial charge in [-0.05, 0) is 25.3 Å². The molecule has 0 aliphatic rings. The largest absolute Gasteiger partial charge is 0.214 e. The van der Waals surface area contributed by atoms with Crippen LogP contribution in [0.5, 0.6) is 0 Å². The van der Waals surface area contributed by atoms with Crippen LogP contribution in [0.25, 0.3) is 0 Å². The number of hydrogen-bond donors (Lipinski definition) is 1. The Morgan fingerprint density at radius 3 is 2.00 bits per heavy atom. The molecule has 0 saturated heterocycles. The molecule has 19 heavy (non-hydrogen) atoms. The fourth-order valence-electron chi connectivity index (χ4n) is 2.17. The van der Waals surface area contributed by atoms with Crippen LogP contribution in [0, 0.1) is 5.92 Å². The van der Waals surface area contributed by atoms with Crippen molar-refractivity contribution < 1.29 is 8.42 Å². The highest BCUT2D eigenvalue weighted by Crippen LogP contribution is 2.28. The molecule has 1 aromatic rings. The quantitative estimate of drug-likeness (QED) is 0.832. The van der Waals surface area contributed by atoms with E-state index in [0.717, 1.165) is 18.4 Å². The topological polar surface area (TPSA) is 46.2 Å². The smallest absolute Gasteiger partial charge is 0.212 e. The summed E-state index contributed by atoms with van der Waals surface area (Å²) in [5.41, 5.74) is 1.04. The van der Waals surface area contributed by atoms with Crippen molar-refractivity contribution in [1.29, 1.82) is 0 Å². The van der Waals surface area contributed by atoms with Gasteiger partial charge in [-0.15, -0.1) is 0 Å². The van der Waals surface area contributed by atoms with Crippen molar-refractivity contribution in [3.63, 3.8) is 0 Å². The lowest BCUT2D eigenvalue weighted by Gasteiger charge is -2.27. The van der Waals surface area contributed by atoms with Crippen LogP contribution < -0.4 is 4.72 Å². The van der Waals surface area contributed by atoms with Gasteiger partial charge in [-0.1, -0.05) is 57.0 Å². The normalized spacial score (nSPS) is 14.0. The third kappa shape index (κ3) is 4.32. The number of hydrogen-bond acceptors (Lipinski definition) is 2. The summed E-state index contributed by atoms with van der Waals surface area (Å²) < 4.78 is 27.2. The van der Waals surface area contributed by atoms with Gasteiger partial charge in [0.15, 0.2) is 0 Å². The Kier molecular flexibility index (Phi) is 6.01. The van der Waals surface area contributed by atoms with Gasteiger partial charge in [-0.3, -0.25) is 0 Å². The van der Waals surface area contributed by atoms with Crippen LogP contribution in [0.4, 0.5) is 0 Å². The van der Waals surface area contributed by atoms with Gasteiger partial charge in [-0.2, -0.15) is 0 Å². The van der Waals surface area contributed by atoms with Gasteiger partial charge in [0.25, 0.3) is 0 Å². The summed E-state index contributed by atoms with van der Waals surface area (Å²) in [7, 11) is -3.26. The van der Waals surface area contributed by atoms with Crippen LogP contribution in [0.1, 0.15) is 52.1 Å². The first kappa shape index (κ1) is 16.2. The van der Waals surface area contributed by atoms with Crippen molar-refractivity contribution >= 4 is 10.0 Å². The first-order chi connectivity index (χ1) is 8.92. The van der Waals surface area contributed by atoms with E-state index in [2.05, 4.69) is 18.6 Å². The van der Waals surface area contributed by atoms with Crippen molar-refractivity contribution in [2.24, 2.45) is 5.92 Å². The molecule has 0 aliphatic carbocycles. The molecule has 0 aliphatic heterocycles. The van der Waals surface area contributed by atoms with Gasteiger partial charge in [0, 0.05) is 6.04 Å². The summed E-state index contributed by atoms with van der Waals surface area (Å²) in [5.74, 6) is 0.316. The van der Waals surface area contributed by atoms with E-state index in [1.165, 1.54) is 0 Å². The molecular formula is C15H25NO2S. The summed E-state index contributed by atoms with van der Waals surface area (Å²) >= 11 is 0. The minimum absolute atomic E-state index is 0.136. The van der Waals surface area contributed by atoms with Crippen LogP contribution >= 0.6 is 0 Å². The molecule has 1 aromatic carbocycles.